The van der Waals surface area contributed by atoms with Gasteiger partial charge in [0.05, 0.1) is 56.3 Å². The van der Waals surface area contributed by atoms with Crippen molar-refractivity contribution < 1.29 is 14.3 Å². The van der Waals surface area contributed by atoms with Crippen LogP contribution in [0.3, 0.4) is 0 Å². The zero-order valence-electron chi connectivity index (χ0n) is 27.1. The van der Waals surface area contributed by atoms with Crippen LogP contribution in [0.1, 0.15) is 36.3 Å². The fraction of sp³-hybridized carbons (Fsp3) is 0.342. The number of aromatic amines is 2. The molecule has 0 bridgehead atoms. The number of ether oxygens (including phenoxy) is 2. The number of rotatable bonds is 8. The quantitative estimate of drug-likeness (QED) is 0.224. The molecular weight excluding hydrogens is 602 g/mol. The molecule has 0 aliphatic carbocycles. The fourth-order valence-electron chi connectivity index (χ4n) is 7.18. The molecule has 8 rings (SSSR count). The zero-order valence-corrected chi connectivity index (χ0v) is 27.1. The molecule has 2 aromatic heterocycles. The fourth-order valence-corrected chi connectivity index (χ4v) is 7.18. The number of anilines is 1. The Morgan fingerprint density at radius 2 is 1.27 bits per heavy atom. The Bertz CT molecular complexity index is 1810. The van der Waals surface area contributed by atoms with Gasteiger partial charge in [-0.25, -0.2) is 9.97 Å². The number of carbonyl (C=O) groups is 1. The second kappa shape index (κ2) is 13.8. The van der Waals surface area contributed by atoms with Crippen LogP contribution >= 0.6 is 0 Å². The van der Waals surface area contributed by atoms with Crippen LogP contribution in [0.2, 0.25) is 0 Å². The van der Waals surface area contributed by atoms with Crippen LogP contribution in [-0.2, 0) is 14.3 Å². The first-order valence-electron chi connectivity index (χ1n) is 17.0. The summed E-state index contributed by atoms with van der Waals surface area (Å²) in [6.07, 6.45) is 5.65. The van der Waals surface area contributed by atoms with Crippen molar-refractivity contribution in [3.63, 3.8) is 0 Å². The van der Waals surface area contributed by atoms with E-state index in [1.807, 2.05) is 35.5 Å². The summed E-state index contributed by atoms with van der Waals surface area (Å²) >= 11 is 0. The normalized spacial score (nSPS) is 19.5. The average Bonchev–Trinajstić information content (AvgIpc) is 3.95. The SMILES string of the molecule is O=C([C@@H](c1ccccc1)N1CCOCC1)N1CCCC1c1ncc(-c2ccc(-c3ccc(-c4cnc(N5CCOCC5)[nH]4)cc3)cc2)[nH]1. The molecule has 5 aromatic rings. The molecule has 1 unspecified atom stereocenters. The highest BCUT2D eigenvalue weighted by Gasteiger charge is 2.39. The van der Waals surface area contributed by atoms with E-state index < -0.39 is 0 Å². The van der Waals surface area contributed by atoms with E-state index in [0.29, 0.717) is 13.2 Å². The van der Waals surface area contributed by atoms with E-state index in [-0.39, 0.29) is 18.0 Å². The number of likely N-dealkylation sites (tertiary alicyclic amines) is 1. The lowest BCUT2D eigenvalue weighted by Crippen LogP contribution is -2.47. The molecule has 246 valence electrons. The van der Waals surface area contributed by atoms with Gasteiger partial charge in [0.1, 0.15) is 11.9 Å². The van der Waals surface area contributed by atoms with Gasteiger partial charge in [0.25, 0.3) is 0 Å². The molecule has 48 heavy (non-hydrogen) atoms. The summed E-state index contributed by atoms with van der Waals surface area (Å²) in [5.74, 6) is 1.88. The number of nitrogens with one attached hydrogen (secondary N) is 2. The van der Waals surface area contributed by atoms with Crippen molar-refractivity contribution in [3.8, 4) is 33.6 Å². The lowest BCUT2D eigenvalue weighted by molar-refractivity contribution is -0.140. The minimum atomic E-state index is -0.321. The summed E-state index contributed by atoms with van der Waals surface area (Å²) in [6.45, 7) is 6.68. The predicted octanol–water partition coefficient (Wildman–Crippen LogP) is 5.71. The van der Waals surface area contributed by atoms with Gasteiger partial charge in [-0.3, -0.25) is 9.69 Å². The van der Waals surface area contributed by atoms with Gasteiger partial charge >= 0.3 is 0 Å². The molecule has 3 aromatic carbocycles. The number of benzene rings is 3. The Morgan fingerprint density at radius 3 is 1.94 bits per heavy atom. The number of imidazole rings is 2. The number of amides is 1. The Hall–Kier alpha value is -4.77. The van der Waals surface area contributed by atoms with E-state index in [1.165, 1.54) is 0 Å². The van der Waals surface area contributed by atoms with Gasteiger partial charge in [-0.1, -0.05) is 78.9 Å². The maximum atomic E-state index is 14.2. The lowest BCUT2D eigenvalue weighted by Gasteiger charge is -2.37. The molecule has 10 heteroatoms. The average molecular weight is 644 g/mol. The van der Waals surface area contributed by atoms with E-state index in [1.54, 1.807) is 0 Å². The van der Waals surface area contributed by atoms with Crippen LogP contribution in [0.5, 0.6) is 0 Å². The van der Waals surface area contributed by atoms with Crippen molar-refractivity contribution in [1.29, 1.82) is 0 Å². The van der Waals surface area contributed by atoms with Crippen LogP contribution in [0.4, 0.5) is 5.95 Å². The number of hydrogen-bond acceptors (Lipinski definition) is 7. The summed E-state index contributed by atoms with van der Waals surface area (Å²) in [5.41, 5.74) is 7.45. The second-order valence-corrected chi connectivity index (χ2v) is 12.7. The largest absolute Gasteiger partial charge is 0.379 e. The van der Waals surface area contributed by atoms with Crippen LogP contribution in [0, 0.1) is 0 Å². The van der Waals surface area contributed by atoms with E-state index in [2.05, 4.69) is 85.4 Å². The third-order valence-corrected chi connectivity index (χ3v) is 9.81. The summed E-state index contributed by atoms with van der Waals surface area (Å²) in [4.78, 5) is 37.2. The van der Waals surface area contributed by atoms with Crippen LogP contribution in [0.15, 0.2) is 91.3 Å². The second-order valence-electron chi connectivity index (χ2n) is 12.7. The van der Waals surface area contributed by atoms with Gasteiger partial charge in [0.2, 0.25) is 11.9 Å². The predicted molar refractivity (Wildman–Crippen MR) is 185 cm³/mol. The van der Waals surface area contributed by atoms with Crippen molar-refractivity contribution in [2.75, 3.05) is 64.1 Å². The highest BCUT2D eigenvalue weighted by atomic mass is 16.5. The first-order valence-corrected chi connectivity index (χ1v) is 17.0. The first-order chi connectivity index (χ1) is 23.7. The van der Waals surface area contributed by atoms with Gasteiger partial charge in [0, 0.05) is 32.7 Å². The van der Waals surface area contributed by atoms with Crippen molar-refractivity contribution in [1.82, 2.24) is 29.7 Å². The number of hydrogen-bond donors (Lipinski definition) is 2. The standard InChI is InChI=1S/C38H41N7O3/c46-37(35(31-5-2-1-3-6-31)43-17-21-47-22-18-43)45-16-4-7-34(45)36-39-25-32(41-36)29-12-8-27(9-13-29)28-10-14-30(15-11-28)33-26-40-38(42-33)44-19-23-48-24-20-44/h1-3,5-6,8-15,25-26,34-35H,4,7,16-24H2,(H,39,41)(H,40,42)/t34?,35-/m1/s1. The minimum absolute atomic E-state index is 0.0730. The summed E-state index contributed by atoms with van der Waals surface area (Å²) in [5, 5.41) is 0. The number of H-pyrrole nitrogens is 2. The van der Waals surface area contributed by atoms with Crippen LogP contribution < -0.4 is 4.90 Å². The highest BCUT2D eigenvalue weighted by Crippen LogP contribution is 2.36. The summed E-state index contributed by atoms with van der Waals surface area (Å²) in [6, 6.07) is 26.9. The van der Waals surface area contributed by atoms with E-state index >= 15 is 0 Å². The van der Waals surface area contributed by atoms with E-state index in [4.69, 9.17) is 14.5 Å². The zero-order chi connectivity index (χ0) is 32.3. The molecule has 3 aliphatic rings. The molecule has 3 aliphatic heterocycles. The van der Waals surface area contributed by atoms with Crippen molar-refractivity contribution in [2.45, 2.75) is 24.9 Å². The number of carbonyl (C=O) groups excluding carboxylic acids is 1. The van der Waals surface area contributed by atoms with Crippen LogP contribution in [-0.4, -0.2) is 94.8 Å². The minimum Gasteiger partial charge on any atom is -0.379 e. The number of morpholine rings is 2. The lowest BCUT2D eigenvalue weighted by atomic mass is 10.0. The molecular formula is C38H41N7O3. The van der Waals surface area contributed by atoms with Gasteiger partial charge < -0.3 is 29.2 Å². The van der Waals surface area contributed by atoms with Crippen molar-refractivity contribution in [3.05, 3.63) is 103 Å². The Morgan fingerprint density at radius 1 is 0.688 bits per heavy atom. The van der Waals surface area contributed by atoms with Crippen molar-refractivity contribution in [2.24, 2.45) is 0 Å². The Labute approximate surface area is 280 Å². The molecule has 3 fully saturated rings. The molecule has 5 heterocycles. The molecule has 0 radical (unpaired) electrons. The van der Waals surface area contributed by atoms with Crippen LogP contribution in [0.25, 0.3) is 33.6 Å². The van der Waals surface area contributed by atoms with Gasteiger partial charge in [-0.2, -0.15) is 0 Å². The summed E-state index contributed by atoms with van der Waals surface area (Å²) in [7, 11) is 0. The van der Waals surface area contributed by atoms with Gasteiger partial charge in [-0.05, 0) is 40.7 Å². The van der Waals surface area contributed by atoms with E-state index in [0.717, 1.165) is 110 Å². The Balaban J connectivity index is 0.956. The molecule has 1 amide bonds. The maximum absolute atomic E-state index is 14.2. The van der Waals surface area contributed by atoms with Gasteiger partial charge in [0.15, 0.2) is 0 Å². The molecule has 0 spiro atoms. The molecule has 10 nitrogen and oxygen atoms in total. The molecule has 0 saturated carbocycles. The molecule has 2 atom stereocenters. The third kappa shape index (κ3) is 6.26. The maximum Gasteiger partial charge on any atom is 0.245 e. The van der Waals surface area contributed by atoms with E-state index in [9.17, 15) is 4.79 Å². The Kier molecular flexibility index (Phi) is 8.76. The highest BCUT2D eigenvalue weighted by molar-refractivity contribution is 5.84. The molecule has 3 saturated heterocycles. The first kappa shape index (κ1) is 30.6. The van der Waals surface area contributed by atoms with Crippen molar-refractivity contribution >= 4 is 11.9 Å². The number of aromatic nitrogens is 4. The monoisotopic (exact) mass is 643 g/mol. The number of nitrogens with zero attached hydrogens (tertiary/aromatic N) is 5. The topological polar surface area (TPSA) is 103 Å². The van der Waals surface area contributed by atoms with Gasteiger partial charge in [-0.15, -0.1) is 0 Å². The summed E-state index contributed by atoms with van der Waals surface area (Å²) < 4.78 is 11.1. The smallest absolute Gasteiger partial charge is 0.245 e. The third-order valence-electron chi connectivity index (χ3n) is 9.81. The molecule has 2 N–H and O–H groups in total.